The van der Waals surface area contributed by atoms with E-state index in [4.69, 9.17) is 4.74 Å². The van der Waals surface area contributed by atoms with E-state index in [0.29, 0.717) is 19.6 Å². The summed E-state index contributed by atoms with van der Waals surface area (Å²) in [7, 11) is 2.14. The van der Waals surface area contributed by atoms with Crippen molar-refractivity contribution in [2.24, 2.45) is 0 Å². The van der Waals surface area contributed by atoms with Gasteiger partial charge in [0.15, 0.2) is 0 Å². The third-order valence-corrected chi connectivity index (χ3v) is 5.00. The number of amides is 1. The number of ether oxygens (including phenoxy) is 1. The number of likely N-dealkylation sites (N-methyl/N-ethyl adjacent to an activating group) is 1. The first kappa shape index (κ1) is 20.1. The number of hydrogen-bond acceptors (Lipinski definition) is 5. The largest absolute Gasteiger partial charge is 0.494 e. The predicted octanol–water partition coefficient (Wildman–Crippen LogP) is 2.48. The van der Waals surface area contributed by atoms with Crippen LogP contribution in [0.1, 0.15) is 24.5 Å². The molecule has 3 rings (SSSR count). The molecule has 2 aromatic rings. The summed E-state index contributed by atoms with van der Waals surface area (Å²) in [6.07, 6.45) is 3.03. The normalized spacial score (nSPS) is 14.7. The summed E-state index contributed by atoms with van der Waals surface area (Å²) in [6, 6.07) is 12.0. The Balaban J connectivity index is 1.44. The van der Waals surface area contributed by atoms with Gasteiger partial charge in [-0.05, 0) is 55.8 Å². The second-order valence-electron chi connectivity index (χ2n) is 7.17. The van der Waals surface area contributed by atoms with Crippen molar-refractivity contribution in [3.8, 4) is 5.75 Å². The summed E-state index contributed by atoms with van der Waals surface area (Å²) < 4.78 is 5.44. The molecule has 0 atom stereocenters. The van der Waals surface area contributed by atoms with Crippen LogP contribution in [-0.4, -0.2) is 55.6 Å². The van der Waals surface area contributed by atoms with E-state index in [-0.39, 0.29) is 5.91 Å². The Labute approximate surface area is 167 Å². The SMILES string of the molecule is CCOc1ccc(CCC(=O)NCc2ccnc(N3CCN(C)CC3)c2)cc1. The summed E-state index contributed by atoms with van der Waals surface area (Å²) in [5.41, 5.74) is 2.22. The molecule has 150 valence electrons. The van der Waals surface area contributed by atoms with E-state index in [1.807, 2.05) is 43.5 Å². The van der Waals surface area contributed by atoms with E-state index in [0.717, 1.165) is 55.3 Å². The molecule has 0 unspecified atom stereocenters. The van der Waals surface area contributed by atoms with Gasteiger partial charge in [0.25, 0.3) is 0 Å². The number of carbonyl (C=O) groups excluding carboxylic acids is 1. The number of nitrogens with one attached hydrogen (secondary N) is 1. The Kier molecular flexibility index (Phi) is 7.25. The number of anilines is 1. The van der Waals surface area contributed by atoms with Crippen molar-refractivity contribution in [2.75, 3.05) is 44.7 Å². The van der Waals surface area contributed by atoms with Gasteiger partial charge in [0.1, 0.15) is 11.6 Å². The summed E-state index contributed by atoms with van der Waals surface area (Å²) in [5.74, 6) is 1.92. The van der Waals surface area contributed by atoms with Crippen LogP contribution >= 0.6 is 0 Å². The first-order chi connectivity index (χ1) is 13.6. The summed E-state index contributed by atoms with van der Waals surface area (Å²) in [4.78, 5) is 21.3. The van der Waals surface area contributed by atoms with E-state index in [2.05, 4.69) is 33.2 Å². The standard InChI is InChI=1S/C22H30N4O2/c1-3-28-20-7-4-18(5-8-20)6-9-22(27)24-17-19-10-11-23-21(16-19)26-14-12-25(2)13-15-26/h4-5,7-8,10-11,16H,3,6,9,12-15,17H2,1-2H3,(H,24,27). The molecule has 1 saturated heterocycles. The van der Waals surface area contributed by atoms with Crippen molar-refractivity contribution in [3.63, 3.8) is 0 Å². The zero-order chi connectivity index (χ0) is 19.8. The fraction of sp³-hybridized carbons (Fsp3) is 0.455. The van der Waals surface area contributed by atoms with Crippen molar-refractivity contribution >= 4 is 11.7 Å². The lowest BCUT2D eigenvalue weighted by atomic mass is 10.1. The van der Waals surface area contributed by atoms with E-state index in [1.54, 1.807) is 0 Å². The number of nitrogens with zero attached hydrogens (tertiary/aromatic N) is 3. The maximum Gasteiger partial charge on any atom is 0.220 e. The Morgan fingerprint density at radius 3 is 2.57 bits per heavy atom. The summed E-state index contributed by atoms with van der Waals surface area (Å²) in [5, 5.41) is 3.02. The van der Waals surface area contributed by atoms with E-state index >= 15 is 0 Å². The lowest BCUT2D eigenvalue weighted by molar-refractivity contribution is -0.121. The van der Waals surface area contributed by atoms with Crippen LogP contribution in [0.25, 0.3) is 0 Å². The van der Waals surface area contributed by atoms with Crippen LogP contribution < -0.4 is 15.0 Å². The van der Waals surface area contributed by atoms with E-state index in [9.17, 15) is 4.79 Å². The molecule has 6 nitrogen and oxygen atoms in total. The molecule has 1 aliphatic rings. The highest BCUT2D eigenvalue weighted by atomic mass is 16.5. The number of carbonyl (C=O) groups is 1. The Morgan fingerprint density at radius 2 is 1.86 bits per heavy atom. The molecule has 1 aromatic carbocycles. The average molecular weight is 383 g/mol. The lowest BCUT2D eigenvalue weighted by Gasteiger charge is -2.33. The summed E-state index contributed by atoms with van der Waals surface area (Å²) in [6.45, 7) is 7.24. The van der Waals surface area contributed by atoms with Crippen LogP contribution in [0.3, 0.4) is 0 Å². The second-order valence-corrected chi connectivity index (χ2v) is 7.17. The van der Waals surface area contributed by atoms with Crippen LogP contribution in [0.2, 0.25) is 0 Å². The Bertz CT molecular complexity index is 755. The van der Waals surface area contributed by atoms with E-state index in [1.165, 1.54) is 0 Å². The van der Waals surface area contributed by atoms with Crippen molar-refractivity contribution in [1.29, 1.82) is 0 Å². The predicted molar refractivity (Wildman–Crippen MR) is 112 cm³/mol. The quantitative estimate of drug-likeness (QED) is 0.760. The van der Waals surface area contributed by atoms with Gasteiger partial charge in [-0.25, -0.2) is 4.98 Å². The van der Waals surface area contributed by atoms with Crippen LogP contribution in [-0.2, 0) is 17.8 Å². The molecule has 1 aromatic heterocycles. The number of aromatic nitrogens is 1. The number of aryl methyl sites for hydroxylation is 1. The molecule has 6 heteroatoms. The van der Waals surface area contributed by atoms with Crippen LogP contribution in [0.5, 0.6) is 5.75 Å². The van der Waals surface area contributed by atoms with Crippen LogP contribution in [0.4, 0.5) is 5.82 Å². The van der Waals surface area contributed by atoms with Crippen LogP contribution in [0.15, 0.2) is 42.6 Å². The Hall–Kier alpha value is -2.60. The number of benzene rings is 1. The highest BCUT2D eigenvalue weighted by molar-refractivity contribution is 5.76. The van der Waals surface area contributed by atoms with Crippen molar-refractivity contribution in [2.45, 2.75) is 26.3 Å². The van der Waals surface area contributed by atoms with Gasteiger partial charge in [-0.15, -0.1) is 0 Å². The maximum atomic E-state index is 12.2. The van der Waals surface area contributed by atoms with Gasteiger partial charge in [-0.3, -0.25) is 4.79 Å². The van der Waals surface area contributed by atoms with Gasteiger partial charge in [0.2, 0.25) is 5.91 Å². The highest BCUT2D eigenvalue weighted by Gasteiger charge is 2.15. The van der Waals surface area contributed by atoms with Crippen LogP contribution in [0, 0.1) is 0 Å². The average Bonchev–Trinajstić information content (AvgIpc) is 2.73. The second kappa shape index (κ2) is 10.1. The molecule has 1 fully saturated rings. The molecule has 0 aliphatic carbocycles. The number of piperazine rings is 1. The van der Waals surface area contributed by atoms with Gasteiger partial charge in [-0.2, -0.15) is 0 Å². The fourth-order valence-electron chi connectivity index (χ4n) is 3.24. The van der Waals surface area contributed by atoms with Crippen molar-refractivity contribution in [3.05, 3.63) is 53.7 Å². The number of hydrogen-bond donors (Lipinski definition) is 1. The highest BCUT2D eigenvalue weighted by Crippen LogP contribution is 2.15. The van der Waals surface area contributed by atoms with Gasteiger partial charge in [-0.1, -0.05) is 12.1 Å². The topological polar surface area (TPSA) is 57.7 Å². The van der Waals surface area contributed by atoms with Gasteiger partial charge in [0.05, 0.1) is 6.61 Å². The monoisotopic (exact) mass is 382 g/mol. The number of rotatable bonds is 8. The summed E-state index contributed by atoms with van der Waals surface area (Å²) >= 11 is 0. The molecular weight excluding hydrogens is 352 g/mol. The first-order valence-electron chi connectivity index (χ1n) is 10.0. The number of pyridine rings is 1. The third-order valence-electron chi connectivity index (χ3n) is 5.00. The Morgan fingerprint density at radius 1 is 1.11 bits per heavy atom. The molecule has 1 aliphatic heterocycles. The molecule has 0 bridgehead atoms. The minimum atomic E-state index is 0.0619. The molecule has 2 heterocycles. The van der Waals surface area contributed by atoms with Crippen molar-refractivity contribution in [1.82, 2.24) is 15.2 Å². The molecule has 28 heavy (non-hydrogen) atoms. The minimum Gasteiger partial charge on any atom is -0.494 e. The third kappa shape index (κ3) is 5.96. The maximum absolute atomic E-state index is 12.2. The molecule has 1 N–H and O–H groups in total. The van der Waals surface area contributed by atoms with Gasteiger partial charge < -0.3 is 19.9 Å². The zero-order valence-corrected chi connectivity index (χ0v) is 16.9. The fourth-order valence-corrected chi connectivity index (χ4v) is 3.24. The first-order valence-corrected chi connectivity index (χ1v) is 10.0. The van der Waals surface area contributed by atoms with Gasteiger partial charge >= 0.3 is 0 Å². The zero-order valence-electron chi connectivity index (χ0n) is 16.9. The van der Waals surface area contributed by atoms with Crippen molar-refractivity contribution < 1.29 is 9.53 Å². The molecule has 0 saturated carbocycles. The minimum absolute atomic E-state index is 0.0619. The van der Waals surface area contributed by atoms with E-state index < -0.39 is 0 Å². The lowest BCUT2D eigenvalue weighted by Crippen LogP contribution is -2.44. The molecular formula is C22H30N4O2. The molecule has 0 spiro atoms. The smallest absolute Gasteiger partial charge is 0.220 e. The van der Waals surface area contributed by atoms with Gasteiger partial charge in [0, 0.05) is 45.3 Å². The molecule has 0 radical (unpaired) electrons. The molecule has 1 amide bonds.